The van der Waals surface area contributed by atoms with Crippen molar-refractivity contribution >= 4 is 29.0 Å². The Balaban J connectivity index is 2.11. The lowest BCUT2D eigenvalue weighted by Crippen LogP contribution is -2.29. The molecule has 76 valence electrons. The third-order valence-corrected chi connectivity index (χ3v) is 3.74. The molecule has 15 heavy (non-hydrogen) atoms. The van der Waals surface area contributed by atoms with E-state index in [2.05, 4.69) is 15.6 Å². The molecule has 1 amide bonds. The number of carbonyl (C=O) groups is 1. The van der Waals surface area contributed by atoms with Crippen molar-refractivity contribution in [2.24, 2.45) is 0 Å². The molecule has 0 aromatic carbocycles. The highest BCUT2D eigenvalue weighted by Crippen LogP contribution is 2.27. The van der Waals surface area contributed by atoms with Crippen LogP contribution in [0.25, 0.3) is 10.7 Å². The normalized spacial score (nSPS) is 14.8. The monoisotopic (exact) mass is 238 g/mol. The van der Waals surface area contributed by atoms with Crippen LogP contribution in [0.4, 0.5) is 0 Å². The summed E-state index contributed by atoms with van der Waals surface area (Å²) in [6, 6.07) is 3.90. The first-order valence-corrected chi connectivity index (χ1v) is 6.13. The zero-order valence-electron chi connectivity index (χ0n) is 7.51. The van der Waals surface area contributed by atoms with Crippen molar-refractivity contribution in [2.45, 2.75) is 5.16 Å². The van der Waals surface area contributed by atoms with Crippen molar-refractivity contribution in [3.63, 3.8) is 0 Å². The molecule has 2 aromatic rings. The van der Waals surface area contributed by atoms with Crippen LogP contribution in [0.15, 0.2) is 22.7 Å². The lowest BCUT2D eigenvalue weighted by atomic mass is 10.4. The molecule has 0 bridgehead atoms. The van der Waals surface area contributed by atoms with Crippen molar-refractivity contribution in [1.82, 2.24) is 14.9 Å². The third-order valence-electron chi connectivity index (χ3n) is 1.94. The first-order chi connectivity index (χ1) is 7.34. The van der Waals surface area contributed by atoms with Gasteiger partial charge in [-0.1, -0.05) is 17.8 Å². The number of thioether (sulfide) groups is 1. The molecule has 1 aliphatic rings. The number of rotatable bonds is 1. The van der Waals surface area contributed by atoms with Gasteiger partial charge in [-0.2, -0.15) is 0 Å². The van der Waals surface area contributed by atoms with E-state index in [-0.39, 0.29) is 5.91 Å². The van der Waals surface area contributed by atoms with Gasteiger partial charge in [0.2, 0.25) is 11.1 Å². The summed E-state index contributed by atoms with van der Waals surface area (Å²) in [6.45, 7) is 0. The maximum Gasteiger partial charge on any atom is 0.249 e. The van der Waals surface area contributed by atoms with E-state index >= 15 is 0 Å². The summed E-state index contributed by atoms with van der Waals surface area (Å²) in [5.74, 6) is 1.08. The third kappa shape index (κ3) is 1.44. The highest BCUT2D eigenvalue weighted by molar-refractivity contribution is 7.99. The SMILES string of the molecule is O=C1CSc2nnc(-c3cccs3)n2N1. The minimum absolute atomic E-state index is 0.0230. The van der Waals surface area contributed by atoms with Gasteiger partial charge in [0.25, 0.3) is 0 Å². The quantitative estimate of drug-likeness (QED) is 0.810. The molecule has 0 fully saturated rings. The Bertz CT molecular complexity index is 505. The smallest absolute Gasteiger partial charge is 0.249 e. The van der Waals surface area contributed by atoms with E-state index in [1.54, 1.807) is 16.0 Å². The predicted molar refractivity (Wildman–Crippen MR) is 58.4 cm³/mol. The highest BCUT2D eigenvalue weighted by Gasteiger charge is 2.21. The molecule has 3 rings (SSSR count). The summed E-state index contributed by atoms with van der Waals surface area (Å²) in [7, 11) is 0. The van der Waals surface area contributed by atoms with Gasteiger partial charge >= 0.3 is 0 Å². The van der Waals surface area contributed by atoms with E-state index in [1.165, 1.54) is 11.8 Å². The van der Waals surface area contributed by atoms with Gasteiger partial charge in [-0.15, -0.1) is 21.5 Å². The van der Waals surface area contributed by atoms with E-state index in [4.69, 9.17) is 0 Å². The minimum Gasteiger partial charge on any atom is -0.272 e. The minimum atomic E-state index is -0.0230. The molecule has 0 saturated heterocycles. The van der Waals surface area contributed by atoms with E-state index in [9.17, 15) is 4.79 Å². The molecule has 0 radical (unpaired) electrons. The number of nitrogens with one attached hydrogen (secondary N) is 1. The zero-order valence-corrected chi connectivity index (χ0v) is 9.14. The van der Waals surface area contributed by atoms with Crippen LogP contribution in [-0.2, 0) is 4.79 Å². The maximum atomic E-state index is 11.2. The summed E-state index contributed by atoms with van der Waals surface area (Å²) >= 11 is 2.97. The molecule has 7 heteroatoms. The standard InChI is InChI=1S/C8H6N4OS2/c13-6-4-15-8-10-9-7(12(8)11-6)5-2-1-3-14-5/h1-3H,4H2,(H,11,13). The van der Waals surface area contributed by atoms with Crippen LogP contribution in [0, 0.1) is 0 Å². The van der Waals surface area contributed by atoms with Gasteiger partial charge < -0.3 is 0 Å². The molecule has 0 saturated carbocycles. The van der Waals surface area contributed by atoms with Crippen LogP contribution < -0.4 is 5.43 Å². The second-order valence-electron chi connectivity index (χ2n) is 2.94. The van der Waals surface area contributed by atoms with Crippen molar-refractivity contribution in [3.05, 3.63) is 17.5 Å². The topological polar surface area (TPSA) is 59.8 Å². The molecular formula is C8H6N4OS2. The van der Waals surface area contributed by atoms with Crippen LogP contribution in [0.5, 0.6) is 0 Å². The van der Waals surface area contributed by atoms with Crippen LogP contribution in [0.1, 0.15) is 0 Å². The Hall–Kier alpha value is -1.34. The Morgan fingerprint density at radius 2 is 2.40 bits per heavy atom. The largest absolute Gasteiger partial charge is 0.272 e. The van der Waals surface area contributed by atoms with Gasteiger partial charge in [0.05, 0.1) is 10.6 Å². The van der Waals surface area contributed by atoms with E-state index in [1.807, 2.05) is 17.5 Å². The molecule has 0 aliphatic carbocycles. The Morgan fingerprint density at radius 3 is 3.20 bits per heavy atom. The number of nitrogens with zero attached hydrogens (tertiary/aromatic N) is 3. The van der Waals surface area contributed by atoms with Crippen LogP contribution in [0.3, 0.4) is 0 Å². The average Bonchev–Trinajstić information content (AvgIpc) is 2.83. The van der Waals surface area contributed by atoms with Gasteiger partial charge in [0.15, 0.2) is 5.82 Å². The summed E-state index contributed by atoms with van der Waals surface area (Å²) in [5.41, 5.74) is 2.74. The molecule has 1 aliphatic heterocycles. The fourth-order valence-corrected chi connectivity index (χ4v) is 2.70. The van der Waals surface area contributed by atoms with Gasteiger partial charge in [0.1, 0.15) is 0 Å². The number of hydrogen-bond acceptors (Lipinski definition) is 5. The Morgan fingerprint density at radius 1 is 1.47 bits per heavy atom. The lowest BCUT2D eigenvalue weighted by molar-refractivity contribution is -0.114. The lowest BCUT2D eigenvalue weighted by Gasteiger charge is -2.14. The molecule has 0 unspecified atom stereocenters. The van der Waals surface area contributed by atoms with Crippen LogP contribution in [-0.4, -0.2) is 26.5 Å². The maximum absolute atomic E-state index is 11.2. The zero-order chi connectivity index (χ0) is 10.3. The fraction of sp³-hybridized carbons (Fsp3) is 0.125. The van der Waals surface area contributed by atoms with E-state index in [0.717, 1.165) is 10.0 Å². The molecule has 0 atom stereocenters. The fourth-order valence-electron chi connectivity index (χ4n) is 1.32. The van der Waals surface area contributed by atoms with E-state index < -0.39 is 0 Å². The Labute approximate surface area is 93.5 Å². The van der Waals surface area contributed by atoms with Crippen molar-refractivity contribution in [3.8, 4) is 10.7 Å². The van der Waals surface area contributed by atoms with Gasteiger partial charge in [0, 0.05) is 0 Å². The molecule has 1 N–H and O–H groups in total. The first kappa shape index (κ1) is 8.93. The highest BCUT2D eigenvalue weighted by atomic mass is 32.2. The summed E-state index contributed by atoms with van der Waals surface area (Å²) in [5, 5.41) is 10.8. The molecule has 2 aromatic heterocycles. The number of amides is 1. The van der Waals surface area contributed by atoms with E-state index in [0.29, 0.717) is 11.6 Å². The van der Waals surface area contributed by atoms with Crippen molar-refractivity contribution in [1.29, 1.82) is 0 Å². The van der Waals surface area contributed by atoms with Gasteiger partial charge in [-0.3, -0.25) is 10.2 Å². The van der Waals surface area contributed by atoms with Crippen molar-refractivity contribution < 1.29 is 4.79 Å². The number of carbonyl (C=O) groups excluding carboxylic acids is 1. The number of fused-ring (bicyclic) bond motifs is 1. The summed E-state index contributed by atoms with van der Waals surface area (Å²) in [6.07, 6.45) is 0. The van der Waals surface area contributed by atoms with Crippen LogP contribution in [0.2, 0.25) is 0 Å². The van der Waals surface area contributed by atoms with Crippen molar-refractivity contribution in [2.75, 3.05) is 11.2 Å². The second-order valence-corrected chi connectivity index (χ2v) is 4.83. The molecule has 5 nitrogen and oxygen atoms in total. The average molecular weight is 238 g/mol. The van der Waals surface area contributed by atoms with Crippen LogP contribution >= 0.6 is 23.1 Å². The Kier molecular flexibility index (Phi) is 2.00. The summed E-state index contributed by atoms with van der Waals surface area (Å²) < 4.78 is 1.64. The molecule has 3 heterocycles. The van der Waals surface area contributed by atoms with Gasteiger partial charge in [-0.25, -0.2) is 4.68 Å². The molecule has 0 spiro atoms. The molecular weight excluding hydrogens is 232 g/mol. The summed E-state index contributed by atoms with van der Waals surface area (Å²) in [4.78, 5) is 12.2. The number of thiophene rings is 1. The van der Waals surface area contributed by atoms with Gasteiger partial charge in [-0.05, 0) is 11.4 Å². The first-order valence-electron chi connectivity index (χ1n) is 4.26. The second kappa shape index (κ2) is 3.35. The number of aromatic nitrogens is 3. The number of hydrogen-bond donors (Lipinski definition) is 1. The predicted octanol–water partition coefficient (Wildman–Crippen LogP) is 1.18.